The summed E-state index contributed by atoms with van der Waals surface area (Å²) in [6.07, 6.45) is 8.35. The molecular formula is C23H31N3O. The Morgan fingerprint density at radius 3 is 2.59 bits per heavy atom. The zero-order valence-electron chi connectivity index (χ0n) is 17.0. The van der Waals surface area contributed by atoms with Crippen LogP contribution in [-0.2, 0) is 5.41 Å². The molecular weight excluding hydrogens is 334 g/mol. The van der Waals surface area contributed by atoms with Crippen molar-refractivity contribution in [1.82, 2.24) is 4.98 Å². The fourth-order valence-corrected chi connectivity index (χ4v) is 3.73. The number of pyridine rings is 1. The summed E-state index contributed by atoms with van der Waals surface area (Å²) >= 11 is 0. The average Bonchev–Trinajstić information content (AvgIpc) is 2.67. The number of rotatable bonds is 4. The summed E-state index contributed by atoms with van der Waals surface area (Å²) in [5.74, 6) is -0.113. The lowest BCUT2D eigenvalue weighted by Crippen LogP contribution is -2.39. The number of piperidine rings is 1. The first-order valence-electron chi connectivity index (χ1n) is 10.0. The van der Waals surface area contributed by atoms with Gasteiger partial charge in [0.15, 0.2) is 0 Å². The molecule has 1 saturated heterocycles. The fraction of sp³-hybridized carbons (Fsp3) is 0.478. The van der Waals surface area contributed by atoms with Crippen LogP contribution in [-0.4, -0.2) is 23.5 Å². The number of benzene rings is 1. The number of anilines is 2. The SMILES string of the molecule is CCC1CCCCN1c1cncc(C(=O)Nc2ccc(C(C)(C)C)cc2)c1. The van der Waals surface area contributed by atoms with Crippen LogP contribution in [0.1, 0.15) is 69.3 Å². The Bertz CT molecular complexity index is 777. The zero-order valence-corrected chi connectivity index (χ0v) is 17.0. The van der Waals surface area contributed by atoms with Gasteiger partial charge in [-0.1, -0.05) is 39.8 Å². The molecule has 1 N–H and O–H groups in total. The molecule has 3 rings (SSSR count). The van der Waals surface area contributed by atoms with E-state index in [1.807, 2.05) is 24.4 Å². The van der Waals surface area contributed by atoms with Crippen LogP contribution in [0.2, 0.25) is 0 Å². The second-order valence-electron chi connectivity index (χ2n) is 8.46. The highest BCUT2D eigenvalue weighted by Crippen LogP contribution is 2.27. The van der Waals surface area contributed by atoms with Crippen LogP contribution in [0, 0.1) is 0 Å². The molecule has 2 heterocycles. The molecule has 27 heavy (non-hydrogen) atoms. The van der Waals surface area contributed by atoms with E-state index in [4.69, 9.17) is 0 Å². The molecule has 4 nitrogen and oxygen atoms in total. The minimum absolute atomic E-state index is 0.102. The highest BCUT2D eigenvalue weighted by molar-refractivity contribution is 6.04. The van der Waals surface area contributed by atoms with E-state index in [-0.39, 0.29) is 11.3 Å². The van der Waals surface area contributed by atoms with Gasteiger partial charge in [-0.2, -0.15) is 0 Å². The van der Waals surface area contributed by atoms with E-state index in [0.29, 0.717) is 11.6 Å². The maximum absolute atomic E-state index is 12.7. The standard InChI is InChI=1S/C23H31N3O/c1-5-20-8-6-7-13-26(20)21-14-17(15-24-16-21)22(27)25-19-11-9-18(10-12-19)23(2,3)4/h9-12,14-16,20H,5-8,13H2,1-4H3,(H,25,27). The minimum Gasteiger partial charge on any atom is -0.367 e. The molecule has 0 saturated carbocycles. The predicted octanol–water partition coefficient (Wildman–Crippen LogP) is 5.40. The largest absolute Gasteiger partial charge is 0.367 e. The fourth-order valence-electron chi connectivity index (χ4n) is 3.73. The van der Waals surface area contributed by atoms with Gasteiger partial charge in [-0.3, -0.25) is 9.78 Å². The Morgan fingerprint density at radius 2 is 1.93 bits per heavy atom. The van der Waals surface area contributed by atoms with Crippen LogP contribution in [0.3, 0.4) is 0 Å². The molecule has 1 aromatic heterocycles. The van der Waals surface area contributed by atoms with Crippen LogP contribution < -0.4 is 10.2 Å². The molecule has 144 valence electrons. The van der Waals surface area contributed by atoms with E-state index in [9.17, 15) is 4.79 Å². The van der Waals surface area contributed by atoms with E-state index in [1.165, 1.54) is 24.8 Å². The molecule has 2 aromatic rings. The van der Waals surface area contributed by atoms with Crippen molar-refractivity contribution in [2.75, 3.05) is 16.8 Å². The van der Waals surface area contributed by atoms with E-state index in [0.717, 1.165) is 24.3 Å². The van der Waals surface area contributed by atoms with Crippen molar-refractivity contribution in [3.63, 3.8) is 0 Å². The molecule has 1 aromatic carbocycles. The molecule has 0 aliphatic carbocycles. The lowest BCUT2D eigenvalue weighted by Gasteiger charge is -2.37. The van der Waals surface area contributed by atoms with E-state index >= 15 is 0 Å². The Balaban J connectivity index is 1.73. The summed E-state index contributed by atoms with van der Waals surface area (Å²) in [5, 5.41) is 2.99. The average molecular weight is 366 g/mol. The molecule has 0 spiro atoms. The molecule has 4 heteroatoms. The quantitative estimate of drug-likeness (QED) is 0.789. The van der Waals surface area contributed by atoms with Gasteiger partial charge >= 0.3 is 0 Å². The number of aromatic nitrogens is 1. The lowest BCUT2D eigenvalue weighted by molar-refractivity contribution is 0.102. The molecule has 1 aliphatic heterocycles. The van der Waals surface area contributed by atoms with Gasteiger partial charge in [-0.15, -0.1) is 0 Å². The maximum Gasteiger partial charge on any atom is 0.257 e. The van der Waals surface area contributed by atoms with E-state index < -0.39 is 0 Å². The Hall–Kier alpha value is -2.36. The van der Waals surface area contributed by atoms with Crippen LogP contribution in [0.5, 0.6) is 0 Å². The van der Waals surface area contributed by atoms with Gasteiger partial charge in [0.1, 0.15) is 0 Å². The molecule has 0 radical (unpaired) electrons. The molecule has 1 atom stereocenters. The van der Waals surface area contributed by atoms with E-state index in [1.54, 1.807) is 6.20 Å². The lowest BCUT2D eigenvalue weighted by atomic mass is 9.87. The monoisotopic (exact) mass is 365 g/mol. The number of hydrogen-bond donors (Lipinski definition) is 1. The molecule has 1 amide bonds. The Kier molecular flexibility index (Phi) is 5.83. The van der Waals surface area contributed by atoms with Gasteiger partial charge in [0.05, 0.1) is 17.4 Å². The Labute approximate surface area is 163 Å². The van der Waals surface area contributed by atoms with Crippen LogP contribution >= 0.6 is 0 Å². The molecule has 1 aliphatic rings. The third kappa shape index (κ3) is 4.68. The molecule has 0 bridgehead atoms. The first-order chi connectivity index (χ1) is 12.9. The molecule has 1 fully saturated rings. The second kappa shape index (κ2) is 8.12. The van der Waals surface area contributed by atoms with Gasteiger partial charge in [0, 0.05) is 24.5 Å². The number of amides is 1. The minimum atomic E-state index is -0.113. The topological polar surface area (TPSA) is 45.2 Å². The van der Waals surface area contributed by atoms with E-state index in [2.05, 4.69) is 55.0 Å². The number of nitrogens with zero attached hydrogens (tertiary/aromatic N) is 2. The predicted molar refractivity (Wildman–Crippen MR) is 113 cm³/mol. The van der Waals surface area contributed by atoms with Gasteiger partial charge in [0.25, 0.3) is 5.91 Å². The van der Waals surface area contributed by atoms with Gasteiger partial charge < -0.3 is 10.2 Å². The number of carbonyl (C=O) groups is 1. The van der Waals surface area contributed by atoms with Crippen LogP contribution in [0.15, 0.2) is 42.7 Å². The summed E-state index contributed by atoms with van der Waals surface area (Å²) in [6.45, 7) is 9.82. The van der Waals surface area contributed by atoms with Crippen LogP contribution in [0.4, 0.5) is 11.4 Å². The highest BCUT2D eigenvalue weighted by Gasteiger charge is 2.22. The second-order valence-corrected chi connectivity index (χ2v) is 8.46. The van der Waals surface area contributed by atoms with Gasteiger partial charge in [-0.25, -0.2) is 0 Å². The summed E-state index contributed by atoms with van der Waals surface area (Å²) in [7, 11) is 0. The molecule has 1 unspecified atom stereocenters. The summed E-state index contributed by atoms with van der Waals surface area (Å²) in [4.78, 5) is 19.5. The van der Waals surface area contributed by atoms with Gasteiger partial charge in [0.2, 0.25) is 0 Å². The van der Waals surface area contributed by atoms with Crippen molar-refractivity contribution in [3.05, 3.63) is 53.9 Å². The van der Waals surface area contributed by atoms with Crippen molar-refractivity contribution in [1.29, 1.82) is 0 Å². The third-order valence-corrected chi connectivity index (χ3v) is 5.42. The highest BCUT2D eigenvalue weighted by atomic mass is 16.1. The summed E-state index contributed by atoms with van der Waals surface area (Å²) in [5.41, 5.74) is 3.82. The number of carbonyl (C=O) groups excluding carboxylic acids is 1. The van der Waals surface area contributed by atoms with Crippen molar-refractivity contribution in [3.8, 4) is 0 Å². The van der Waals surface area contributed by atoms with Gasteiger partial charge in [-0.05, 0) is 54.9 Å². The van der Waals surface area contributed by atoms with Crippen molar-refractivity contribution < 1.29 is 4.79 Å². The zero-order chi connectivity index (χ0) is 19.4. The Morgan fingerprint density at radius 1 is 1.19 bits per heavy atom. The summed E-state index contributed by atoms with van der Waals surface area (Å²) in [6, 6.07) is 10.6. The number of hydrogen-bond acceptors (Lipinski definition) is 3. The number of nitrogens with one attached hydrogen (secondary N) is 1. The third-order valence-electron chi connectivity index (χ3n) is 5.42. The smallest absolute Gasteiger partial charge is 0.257 e. The maximum atomic E-state index is 12.7. The van der Waals surface area contributed by atoms with Crippen molar-refractivity contribution >= 4 is 17.3 Å². The normalized spacial score (nSPS) is 17.6. The van der Waals surface area contributed by atoms with Crippen molar-refractivity contribution in [2.24, 2.45) is 0 Å². The van der Waals surface area contributed by atoms with Crippen molar-refractivity contribution in [2.45, 2.75) is 64.8 Å². The summed E-state index contributed by atoms with van der Waals surface area (Å²) < 4.78 is 0. The van der Waals surface area contributed by atoms with Crippen LogP contribution in [0.25, 0.3) is 0 Å². The first-order valence-corrected chi connectivity index (χ1v) is 10.0. The first kappa shape index (κ1) is 19.4.